The maximum Gasteiger partial charge on any atom is 0.251 e. The molecule has 0 saturated heterocycles. The van der Waals surface area contributed by atoms with Crippen molar-refractivity contribution in [3.05, 3.63) is 35.4 Å². The second-order valence-electron chi connectivity index (χ2n) is 4.33. The highest BCUT2D eigenvalue weighted by atomic mass is 16.5. The molecule has 0 bridgehead atoms. The second kappa shape index (κ2) is 8.63. The van der Waals surface area contributed by atoms with Crippen molar-refractivity contribution in [2.75, 3.05) is 26.9 Å². The first-order valence-corrected chi connectivity index (χ1v) is 6.41. The molecule has 1 atom stereocenters. The van der Waals surface area contributed by atoms with E-state index in [2.05, 4.69) is 5.32 Å². The quantitative estimate of drug-likeness (QED) is 0.632. The van der Waals surface area contributed by atoms with Crippen molar-refractivity contribution >= 4 is 5.91 Å². The Hall–Kier alpha value is -1.43. The van der Waals surface area contributed by atoms with Gasteiger partial charge in [-0.25, -0.2) is 0 Å². The van der Waals surface area contributed by atoms with E-state index in [1.165, 1.54) is 0 Å². The molecular formula is C14H22N2O3. The minimum Gasteiger partial charge on any atom is -0.396 e. The Morgan fingerprint density at radius 2 is 2.21 bits per heavy atom. The molecule has 1 unspecified atom stereocenters. The molecule has 1 aromatic carbocycles. The predicted molar refractivity (Wildman–Crippen MR) is 74.0 cm³/mol. The summed E-state index contributed by atoms with van der Waals surface area (Å²) in [6, 6.07) is 7.21. The number of ether oxygens (including phenoxy) is 1. The van der Waals surface area contributed by atoms with Crippen molar-refractivity contribution in [2.45, 2.75) is 18.9 Å². The number of aliphatic hydroxyl groups excluding tert-OH is 1. The summed E-state index contributed by atoms with van der Waals surface area (Å²) in [5.41, 5.74) is 7.11. The number of hydrogen-bond donors (Lipinski definition) is 3. The molecule has 1 amide bonds. The molecule has 0 heterocycles. The topological polar surface area (TPSA) is 84.6 Å². The molecule has 0 spiro atoms. The average molecular weight is 266 g/mol. The molecule has 0 aromatic heterocycles. The lowest BCUT2D eigenvalue weighted by Crippen LogP contribution is -2.39. The molecule has 0 aliphatic heterocycles. The summed E-state index contributed by atoms with van der Waals surface area (Å²) in [6.45, 7) is 0.895. The molecule has 0 aliphatic rings. The van der Waals surface area contributed by atoms with Gasteiger partial charge in [-0.15, -0.1) is 0 Å². The molecule has 0 radical (unpaired) electrons. The predicted octanol–water partition coefficient (Wildman–Crippen LogP) is 0.315. The van der Waals surface area contributed by atoms with Gasteiger partial charge in [-0.2, -0.15) is 0 Å². The molecular weight excluding hydrogens is 244 g/mol. The first-order valence-electron chi connectivity index (χ1n) is 6.41. The van der Waals surface area contributed by atoms with Crippen molar-refractivity contribution in [3.8, 4) is 0 Å². The zero-order valence-corrected chi connectivity index (χ0v) is 11.3. The maximum absolute atomic E-state index is 12.2. The number of nitrogens with two attached hydrogens (primary N) is 1. The van der Waals surface area contributed by atoms with Gasteiger partial charge in [-0.1, -0.05) is 18.2 Å². The highest BCUT2D eigenvalue weighted by Crippen LogP contribution is 2.09. The summed E-state index contributed by atoms with van der Waals surface area (Å²) < 4.78 is 5.03. The summed E-state index contributed by atoms with van der Waals surface area (Å²) in [4.78, 5) is 12.2. The third-order valence-electron chi connectivity index (χ3n) is 2.86. The van der Waals surface area contributed by atoms with E-state index in [0.29, 0.717) is 31.6 Å². The Morgan fingerprint density at radius 3 is 2.84 bits per heavy atom. The molecule has 0 fully saturated rings. The largest absolute Gasteiger partial charge is 0.396 e. The van der Waals surface area contributed by atoms with Crippen LogP contribution in [0.25, 0.3) is 0 Å². The van der Waals surface area contributed by atoms with Crippen molar-refractivity contribution < 1.29 is 14.6 Å². The fourth-order valence-electron chi connectivity index (χ4n) is 1.93. The first kappa shape index (κ1) is 15.6. The van der Waals surface area contributed by atoms with E-state index in [1.54, 1.807) is 13.2 Å². The average Bonchev–Trinajstić information content (AvgIpc) is 2.40. The van der Waals surface area contributed by atoms with Gasteiger partial charge in [-0.05, 0) is 31.0 Å². The van der Waals surface area contributed by atoms with Crippen LogP contribution in [0.1, 0.15) is 22.3 Å². The number of carbonyl (C=O) groups is 1. The number of carbonyl (C=O) groups excluding carboxylic acids is 1. The summed E-state index contributed by atoms with van der Waals surface area (Å²) in [5, 5.41) is 11.8. The number of hydrogen-bond acceptors (Lipinski definition) is 4. The van der Waals surface area contributed by atoms with E-state index in [-0.39, 0.29) is 18.6 Å². The standard InChI is InChI=1S/C14H22N2O3/c1-19-10-12(7-9-17)16-14(18)13-5-3-2-4-11(13)6-8-15/h2-5,12,17H,6-10,15H2,1H3,(H,16,18). The molecule has 106 valence electrons. The van der Waals surface area contributed by atoms with Crippen LogP contribution in [-0.2, 0) is 11.2 Å². The van der Waals surface area contributed by atoms with Crippen molar-refractivity contribution in [1.82, 2.24) is 5.32 Å². The Bertz CT molecular complexity index is 390. The third-order valence-corrected chi connectivity index (χ3v) is 2.86. The fraction of sp³-hybridized carbons (Fsp3) is 0.500. The Kier molecular flexibility index (Phi) is 7.10. The van der Waals surface area contributed by atoms with E-state index in [1.807, 2.05) is 18.2 Å². The summed E-state index contributed by atoms with van der Waals surface area (Å²) in [6.07, 6.45) is 1.14. The SMILES string of the molecule is COCC(CCO)NC(=O)c1ccccc1CCN. The van der Waals surface area contributed by atoms with Crippen molar-refractivity contribution in [2.24, 2.45) is 5.73 Å². The molecule has 5 nitrogen and oxygen atoms in total. The molecule has 4 N–H and O–H groups in total. The number of aliphatic hydroxyl groups is 1. The number of benzene rings is 1. The fourth-order valence-corrected chi connectivity index (χ4v) is 1.93. The Morgan fingerprint density at radius 1 is 1.47 bits per heavy atom. The van der Waals surface area contributed by atoms with E-state index in [4.69, 9.17) is 15.6 Å². The monoisotopic (exact) mass is 266 g/mol. The van der Waals surface area contributed by atoms with Crippen LogP contribution in [0.15, 0.2) is 24.3 Å². The van der Waals surface area contributed by atoms with Gasteiger partial charge in [0.05, 0.1) is 12.6 Å². The minimum atomic E-state index is -0.187. The molecule has 1 rings (SSSR count). The highest BCUT2D eigenvalue weighted by Gasteiger charge is 2.15. The number of amides is 1. The first-order chi connectivity index (χ1) is 9.22. The van der Waals surface area contributed by atoms with Crippen LogP contribution in [0.3, 0.4) is 0 Å². The van der Waals surface area contributed by atoms with Crippen molar-refractivity contribution in [3.63, 3.8) is 0 Å². The van der Waals surface area contributed by atoms with Crippen LogP contribution in [0.2, 0.25) is 0 Å². The lowest BCUT2D eigenvalue weighted by atomic mass is 10.0. The van der Waals surface area contributed by atoms with Gasteiger partial charge in [0, 0.05) is 19.3 Å². The van der Waals surface area contributed by atoms with Gasteiger partial charge < -0.3 is 20.9 Å². The zero-order valence-electron chi connectivity index (χ0n) is 11.3. The van der Waals surface area contributed by atoms with Gasteiger partial charge >= 0.3 is 0 Å². The van der Waals surface area contributed by atoms with E-state index in [9.17, 15) is 4.79 Å². The normalized spacial score (nSPS) is 12.2. The third kappa shape index (κ3) is 4.98. The van der Waals surface area contributed by atoms with Gasteiger partial charge in [0.1, 0.15) is 0 Å². The number of methoxy groups -OCH3 is 1. The van der Waals surface area contributed by atoms with Gasteiger partial charge in [0.15, 0.2) is 0 Å². The van der Waals surface area contributed by atoms with E-state index >= 15 is 0 Å². The van der Waals surface area contributed by atoms with Crippen LogP contribution in [-0.4, -0.2) is 43.9 Å². The van der Waals surface area contributed by atoms with Crippen LogP contribution in [0.4, 0.5) is 0 Å². The summed E-state index contributed by atoms with van der Waals surface area (Å²) >= 11 is 0. The molecule has 19 heavy (non-hydrogen) atoms. The van der Waals surface area contributed by atoms with Crippen molar-refractivity contribution in [1.29, 1.82) is 0 Å². The number of rotatable bonds is 8. The van der Waals surface area contributed by atoms with Gasteiger partial charge in [0.25, 0.3) is 5.91 Å². The van der Waals surface area contributed by atoms with Gasteiger partial charge in [0.2, 0.25) is 0 Å². The Balaban J connectivity index is 2.75. The molecule has 0 saturated carbocycles. The van der Waals surface area contributed by atoms with E-state index in [0.717, 1.165) is 5.56 Å². The minimum absolute atomic E-state index is 0.0127. The summed E-state index contributed by atoms with van der Waals surface area (Å²) in [7, 11) is 1.57. The summed E-state index contributed by atoms with van der Waals surface area (Å²) in [5.74, 6) is -0.153. The maximum atomic E-state index is 12.2. The zero-order chi connectivity index (χ0) is 14.1. The molecule has 0 aliphatic carbocycles. The van der Waals surface area contributed by atoms with Crippen LogP contribution in [0, 0.1) is 0 Å². The highest BCUT2D eigenvalue weighted by molar-refractivity contribution is 5.95. The molecule has 5 heteroatoms. The second-order valence-corrected chi connectivity index (χ2v) is 4.33. The smallest absolute Gasteiger partial charge is 0.251 e. The lowest BCUT2D eigenvalue weighted by molar-refractivity contribution is 0.0878. The number of nitrogens with one attached hydrogen (secondary N) is 1. The van der Waals surface area contributed by atoms with Crippen LogP contribution >= 0.6 is 0 Å². The van der Waals surface area contributed by atoms with Gasteiger partial charge in [-0.3, -0.25) is 4.79 Å². The Labute approximate surface area is 113 Å². The lowest BCUT2D eigenvalue weighted by Gasteiger charge is -2.18. The van der Waals surface area contributed by atoms with Crippen LogP contribution < -0.4 is 11.1 Å². The molecule has 1 aromatic rings. The van der Waals surface area contributed by atoms with E-state index < -0.39 is 0 Å². The van der Waals surface area contributed by atoms with Crippen LogP contribution in [0.5, 0.6) is 0 Å².